The molecule has 0 aromatic heterocycles. The highest BCUT2D eigenvalue weighted by atomic mass is 16.2. The first-order valence-corrected chi connectivity index (χ1v) is 6.81. The lowest BCUT2D eigenvalue weighted by molar-refractivity contribution is -0.126. The van der Waals surface area contributed by atoms with E-state index in [0.717, 1.165) is 25.7 Å². The van der Waals surface area contributed by atoms with E-state index in [1.165, 1.54) is 12.5 Å². The van der Waals surface area contributed by atoms with E-state index in [4.69, 9.17) is 5.26 Å². The van der Waals surface area contributed by atoms with Crippen molar-refractivity contribution in [1.29, 1.82) is 5.26 Å². The van der Waals surface area contributed by atoms with Gasteiger partial charge in [0.15, 0.2) is 0 Å². The minimum atomic E-state index is -0.411. The highest BCUT2D eigenvalue weighted by Gasteiger charge is 2.21. The van der Waals surface area contributed by atoms with Gasteiger partial charge in [0.05, 0.1) is 11.6 Å². The summed E-state index contributed by atoms with van der Waals surface area (Å²) in [5.41, 5.74) is 5.63. The van der Waals surface area contributed by atoms with Crippen LogP contribution in [0.1, 0.15) is 48.0 Å². The number of nitrogens with one attached hydrogen (secondary N) is 2. The Morgan fingerprint density at radius 2 is 1.90 bits per heavy atom. The van der Waals surface area contributed by atoms with Crippen LogP contribution in [0.4, 0.5) is 0 Å². The van der Waals surface area contributed by atoms with Crippen molar-refractivity contribution in [3.63, 3.8) is 0 Å². The average Bonchev–Trinajstić information content (AvgIpc) is 2.53. The summed E-state index contributed by atoms with van der Waals surface area (Å²) in [5, 5.41) is 8.78. The van der Waals surface area contributed by atoms with Gasteiger partial charge in [-0.05, 0) is 31.0 Å². The Bertz CT molecular complexity index is 542. The van der Waals surface area contributed by atoms with E-state index in [9.17, 15) is 9.59 Å². The quantitative estimate of drug-likeness (QED) is 0.806. The first-order chi connectivity index (χ1) is 9.70. The Morgan fingerprint density at radius 1 is 1.15 bits per heavy atom. The van der Waals surface area contributed by atoms with Gasteiger partial charge < -0.3 is 0 Å². The summed E-state index contributed by atoms with van der Waals surface area (Å²) in [7, 11) is 0. The van der Waals surface area contributed by atoms with Crippen LogP contribution in [0, 0.1) is 17.2 Å². The summed E-state index contributed by atoms with van der Waals surface area (Å²) in [5.74, 6) is -0.546. The molecule has 1 fully saturated rings. The molecule has 5 heteroatoms. The summed E-state index contributed by atoms with van der Waals surface area (Å²) in [4.78, 5) is 23.7. The highest BCUT2D eigenvalue weighted by molar-refractivity contribution is 5.95. The Hall–Kier alpha value is -2.35. The topological polar surface area (TPSA) is 82.0 Å². The lowest BCUT2D eigenvalue weighted by atomic mass is 9.89. The number of hydrazine groups is 1. The van der Waals surface area contributed by atoms with Gasteiger partial charge in [0.2, 0.25) is 5.91 Å². The monoisotopic (exact) mass is 271 g/mol. The molecule has 0 spiro atoms. The minimum absolute atomic E-state index is 0.00510. The summed E-state index contributed by atoms with van der Waals surface area (Å²) < 4.78 is 0. The molecule has 0 heterocycles. The molecule has 0 radical (unpaired) electrons. The molecule has 1 aliphatic rings. The number of amides is 2. The van der Waals surface area contributed by atoms with Crippen LogP contribution in [-0.4, -0.2) is 11.8 Å². The average molecular weight is 271 g/mol. The molecule has 2 rings (SSSR count). The number of carbonyl (C=O) groups excluding carboxylic acids is 2. The van der Waals surface area contributed by atoms with Gasteiger partial charge in [0.1, 0.15) is 0 Å². The van der Waals surface area contributed by atoms with E-state index in [1.807, 2.05) is 6.07 Å². The van der Waals surface area contributed by atoms with Crippen molar-refractivity contribution in [2.45, 2.75) is 32.1 Å². The third-order valence-electron chi connectivity index (χ3n) is 3.53. The van der Waals surface area contributed by atoms with Crippen molar-refractivity contribution in [3.05, 3.63) is 35.4 Å². The van der Waals surface area contributed by atoms with Crippen LogP contribution >= 0.6 is 0 Å². The largest absolute Gasteiger partial charge is 0.273 e. The summed E-state index contributed by atoms with van der Waals surface area (Å²) >= 11 is 0. The zero-order valence-corrected chi connectivity index (χ0v) is 11.2. The van der Waals surface area contributed by atoms with Crippen molar-refractivity contribution in [3.8, 4) is 6.07 Å². The molecular formula is C15H17N3O2. The third kappa shape index (κ3) is 3.58. The molecule has 1 aliphatic carbocycles. The molecule has 2 amide bonds. The molecular weight excluding hydrogens is 254 g/mol. The first kappa shape index (κ1) is 14.1. The number of carbonyl (C=O) groups is 2. The summed E-state index contributed by atoms with van der Waals surface area (Å²) in [6, 6.07) is 8.32. The van der Waals surface area contributed by atoms with Crippen molar-refractivity contribution in [1.82, 2.24) is 10.9 Å². The highest BCUT2D eigenvalue weighted by Crippen LogP contribution is 2.23. The van der Waals surface area contributed by atoms with Gasteiger partial charge in [-0.25, -0.2) is 0 Å². The van der Waals surface area contributed by atoms with Crippen LogP contribution in [0.5, 0.6) is 0 Å². The van der Waals surface area contributed by atoms with Crippen molar-refractivity contribution in [2.24, 2.45) is 5.92 Å². The Balaban J connectivity index is 1.88. The van der Waals surface area contributed by atoms with Gasteiger partial charge in [-0.2, -0.15) is 5.26 Å². The molecule has 5 nitrogen and oxygen atoms in total. The molecule has 1 saturated carbocycles. The zero-order chi connectivity index (χ0) is 14.4. The number of rotatable bonds is 2. The molecule has 0 unspecified atom stereocenters. The van der Waals surface area contributed by atoms with E-state index >= 15 is 0 Å². The number of benzene rings is 1. The normalized spacial score (nSPS) is 15.2. The third-order valence-corrected chi connectivity index (χ3v) is 3.53. The zero-order valence-electron chi connectivity index (χ0n) is 11.2. The first-order valence-electron chi connectivity index (χ1n) is 6.81. The maximum Gasteiger partial charge on any atom is 0.269 e. The summed E-state index contributed by atoms with van der Waals surface area (Å²) in [6.07, 6.45) is 5.07. The predicted octanol–water partition coefficient (Wildman–Crippen LogP) is 1.90. The van der Waals surface area contributed by atoms with E-state index < -0.39 is 5.91 Å². The lowest BCUT2D eigenvalue weighted by Crippen LogP contribution is -2.44. The van der Waals surface area contributed by atoms with Gasteiger partial charge in [-0.1, -0.05) is 25.3 Å². The molecule has 0 bridgehead atoms. The molecule has 0 saturated heterocycles. The number of nitrogens with zero attached hydrogens (tertiary/aromatic N) is 1. The number of hydrogen-bond acceptors (Lipinski definition) is 3. The molecule has 104 valence electrons. The van der Waals surface area contributed by atoms with Crippen molar-refractivity contribution < 1.29 is 9.59 Å². The minimum Gasteiger partial charge on any atom is -0.273 e. The van der Waals surface area contributed by atoms with E-state index in [-0.39, 0.29) is 11.8 Å². The maximum atomic E-state index is 11.9. The van der Waals surface area contributed by atoms with E-state index in [1.54, 1.807) is 18.2 Å². The fraction of sp³-hybridized carbons (Fsp3) is 0.400. The maximum absolute atomic E-state index is 11.9. The Morgan fingerprint density at radius 3 is 2.60 bits per heavy atom. The fourth-order valence-electron chi connectivity index (χ4n) is 2.39. The number of nitriles is 1. The Kier molecular flexibility index (Phi) is 4.72. The lowest BCUT2D eigenvalue weighted by Gasteiger charge is -2.20. The van der Waals surface area contributed by atoms with Gasteiger partial charge in [-0.3, -0.25) is 20.4 Å². The van der Waals surface area contributed by atoms with Crippen LogP contribution < -0.4 is 10.9 Å². The molecule has 1 aromatic rings. The second-order valence-electron chi connectivity index (χ2n) is 4.97. The van der Waals surface area contributed by atoms with Gasteiger partial charge >= 0.3 is 0 Å². The Labute approximate surface area is 117 Å². The van der Waals surface area contributed by atoms with Crippen LogP contribution in [0.25, 0.3) is 0 Å². The van der Waals surface area contributed by atoms with Crippen molar-refractivity contribution in [2.75, 3.05) is 0 Å². The van der Waals surface area contributed by atoms with E-state index in [0.29, 0.717) is 11.1 Å². The van der Waals surface area contributed by atoms with Crippen LogP contribution in [-0.2, 0) is 4.79 Å². The fourth-order valence-corrected chi connectivity index (χ4v) is 2.39. The second kappa shape index (κ2) is 6.71. The van der Waals surface area contributed by atoms with Gasteiger partial charge in [0.25, 0.3) is 5.91 Å². The van der Waals surface area contributed by atoms with Gasteiger partial charge in [-0.15, -0.1) is 0 Å². The molecule has 20 heavy (non-hydrogen) atoms. The predicted molar refractivity (Wildman–Crippen MR) is 73.3 cm³/mol. The van der Waals surface area contributed by atoms with Gasteiger partial charge in [0, 0.05) is 11.5 Å². The molecule has 1 aromatic carbocycles. The molecule has 0 aliphatic heterocycles. The van der Waals surface area contributed by atoms with Crippen LogP contribution in [0.3, 0.4) is 0 Å². The van der Waals surface area contributed by atoms with Crippen LogP contribution in [0.2, 0.25) is 0 Å². The van der Waals surface area contributed by atoms with Crippen LogP contribution in [0.15, 0.2) is 24.3 Å². The molecule has 0 atom stereocenters. The SMILES string of the molecule is N#Cc1cccc(C(=O)NNC(=O)C2CCCCC2)c1. The standard InChI is InChI=1S/C15H17N3O2/c16-10-11-5-4-8-13(9-11)15(20)18-17-14(19)12-6-2-1-3-7-12/h4-5,8-9,12H,1-3,6-7H2,(H,17,19)(H,18,20). The smallest absolute Gasteiger partial charge is 0.269 e. The number of hydrogen-bond donors (Lipinski definition) is 2. The summed E-state index contributed by atoms with van der Waals surface area (Å²) in [6.45, 7) is 0. The van der Waals surface area contributed by atoms with E-state index in [2.05, 4.69) is 10.9 Å². The molecule has 2 N–H and O–H groups in total. The second-order valence-corrected chi connectivity index (χ2v) is 4.97. The van der Waals surface area contributed by atoms with Crippen molar-refractivity contribution >= 4 is 11.8 Å².